The van der Waals surface area contributed by atoms with Crippen LogP contribution in [0.25, 0.3) is 0 Å². The van der Waals surface area contributed by atoms with E-state index in [2.05, 4.69) is 10.2 Å². The van der Waals surface area contributed by atoms with Crippen molar-refractivity contribution < 1.29 is 13.9 Å². The molecular weight excluding hydrogens is 268 g/mol. The van der Waals surface area contributed by atoms with E-state index in [1.165, 1.54) is 0 Å². The lowest BCUT2D eigenvalue weighted by Crippen LogP contribution is -2.45. The van der Waals surface area contributed by atoms with Gasteiger partial charge in [0.2, 0.25) is 5.91 Å². The highest BCUT2D eigenvalue weighted by Gasteiger charge is 2.44. The zero-order valence-electron chi connectivity index (χ0n) is 13.0. The molecule has 5 heteroatoms. The van der Waals surface area contributed by atoms with Crippen LogP contribution in [0.4, 0.5) is 0 Å². The molecule has 2 bridgehead atoms. The number of hydrogen-bond donors (Lipinski definition) is 1. The molecule has 1 aromatic rings. The summed E-state index contributed by atoms with van der Waals surface area (Å²) in [4.78, 5) is 14.6. The molecule has 3 atom stereocenters. The topological polar surface area (TPSA) is 54.7 Å². The third-order valence-electron chi connectivity index (χ3n) is 4.18. The molecule has 1 aromatic heterocycles. The summed E-state index contributed by atoms with van der Waals surface area (Å²) in [7, 11) is 0. The molecular formula is C16H24N2O3. The molecule has 1 N–H and O–H groups in total. The third-order valence-corrected chi connectivity index (χ3v) is 4.18. The number of nitrogens with zero attached hydrogens (tertiary/aromatic N) is 1. The van der Waals surface area contributed by atoms with Crippen molar-refractivity contribution in [1.29, 1.82) is 0 Å². The van der Waals surface area contributed by atoms with Crippen LogP contribution in [-0.4, -0.2) is 42.1 Å². The van der Waals surface area contributed by atoms with Crippen LogP contribution in [-0.2, 0) is 16.1 Å². The van der Waals surface area contributed by atoms with E-state index in [1.54, 1.807) is 0 Å². The van der Waals surface area contributed by atoms with Gasteiger partial charge in [0.15, 0.2) is 0 Å². The number of aryl methyl sites for hydroxylation is 1. The smallest absolute Gasteiger partial charge is 0.226 e. The van der Waals surface area contributed by atoms with Gasteiger partial charge in [0.1, 0.15) is 11.5 Å². The predicted octanol–water partition coefficient (Wildman–Crippen LogP) is 1.70. The van der Waals surface area contributed by atoms with Crippen molar-refractivity contribution in [2.24, 2.45) is 5.92 Å². The number of amides is 1. The zero-order chi connectivity index (χ0) is 15.0. The highest BCUT2D eigenvalue weighted by atomic mass is 16.5. The van der Waals surface area contributed by atoms with Crippen molar-refractivity contribution in [3.8, 4) is 0 Å². The molecule has 2 aliphatic rings. The molecule has 2 saturated heterocycles. The summed E-state index contributed by atoms with van der Waals surface area (Å²) in [5, 5.41) is 3.01. The second kappa shape index (κ2) is 5.81. The van der Waals surface area contributed by atoms with Gasteiger partial charge < -0.3 is 14.5 Å². The number of rotatable bonds is 4. The maximum Gasteiger partial charge on any atom is 0.226 e. The molecule has 0 spiro atoms. The van der Waals surface area contributed by atoms with Gasteiger partial charge in [0.05, 0.1) is 24.7 Å². The van der Waals surface area contributed by atoms with Crippen LogP contribution >= 0.6 is 0 Å². The number of likely N-dealkylation sites (tertiary alicyclic amines) is 1. The molecule has 0 aromatic carbocycles. The number of hydrogen-bond acceptors (Lipinski definition) is 4. The van der Waals surface area contributed by atoms with Crippen LogP contribution in [0.3, 0.4) is 0 Å². The summed E-state index contributed by atoms with van der Waals surface area (Å²) in [6.45, 7) is 8.41. The van der Waals surface area contributed by atoms with Crippen molar-refractivity contribution in [2.45, 2.75) is 52.0 Å². The maximum atomic E-state index is 12.2. The Morgan fingerprint density at radius 3 is 2.90 bits per heavy atom. The lowest BCUT2D eigenvalue weighted by molar-refractivity contribution is -0.128. The molecule has 3 unspecified atom stereocenters. The van der Waals surface area contributed by atoms with E-state index in [-0.39, 0.29) is 30.1 Å². The minimum Gasteiger partial charge on any atom is -0.465 e. The van der Waals surface area contributed by atoms with Gasteiger partial charge in [-0.3, -0.25) is 9.69 Å². The summed E-state index contributed by atoms with van der Waals surface area (Å²) in [6, 6.07) is 4.19. The molecule has 3 rings (SSSR count). The van der Waals surface area contributed by atoms with Crippen molar-refractivity contribution in [2.75, 3.05) is 13.1 Å². The van der Waals surface area contributed by atoms with Gasteiger partial charge in [0.25, 0.3) is 0 Å². The molecule has 0 aliphatic carbocycles. The van der Waals surface area contributed by atoms with Gasteiger partial charge in [-0.25, -0.2) is 0 Å². The largest absolute Gasteiger partial charge is 0.465 e. The second-order valence-corrected chi connectivity index (χ2v) is 6.51. The summed E-state index contributed by atoms with van der Waals surface area (Å²) in [5.74, 6) is 2.04. The van der Waals surface area contributed by atoms with E-state index < -0.39 is 0 Å². The Labute approximate surface area is 125 Å². The fourth-order valence-electron chi connectivity index (χ4n) is 3.32. The van der Waals surface area contributed by atoms with Crippen molar-refractivity contribution in [3.63, 3.8) is 0 Å². The van der Waals surface area contributed by atoms with Gasteiger partial charge in [0, 0.05) is 19.1 Å². The highest BCUT2D eigenvalue weighted by molar-refractivity contribution is 5.80. The quantitative estimate of drug-likeness (QED) is 0.918. The zero-order valence-corrected chi connectivity index (χ0v) is 13.0. The van der Waals surface area contributed by atoms with E-state index >= 15 is 0 Å². The maximum absolute atomic E-state index is 12.2. The Morgan fingerprint density at radius 1 is 1.43 bits per heavy atom. The first-order valence-electron chi connectivity index (χ1n) is 7.75. The minimum absolute atomic E-state index is 0.0126. The average molecular weight is 292 g/mol. The minimum atomic E-state index is -0.0132. The van der Waals surface area contributed by atoms with Crippen LogP contribution in [0.2, 0.25) is 0 Å². The summed E-state index contributed by atoms with van der Waals surface area (Å²) in [5.41, 5.74) is 0. The first-order chi connectivity index (χ1) is 10.0. The molecule has 116 valence electrons. The Morgan fingerprint density at radius 2 is 2.24 bits per heavy atom. The van der Waals surface area contributed by atoms with Crippen LogP contribution in [0, 0.1) is 12.8 Å². The van der Waals surface area contributed by atoms with Gasteiger partial charge in [-0.05, 0) is 39.3 Å². The predicted molar refractivity (Wildman–Crippen MR) is 78.8 cm³/mol. The van der Waals surface area contributed by atoms with Crippen molar-refractivity contribution in [1.82, 2.24) is 10.2 Å². The summed E-state index contributed by atoms with van der Waals surface area (Å²) < 4.78 is 11.6. The molecule has 2 fully saturated rings. The average Bonchev–Trinajstić information content (AvgIpc) is 2.92. The van der Waals surface area contributed by atoms with E-state index in [9.17, 15) is 4.79 Å². The van der Waals surface area contributed by atoms with Gasteiger partial charge in [-0.2, -0.15) is 0 Å². The summed E-state index contributed by atoms with van der Waals surface area (Å²) >= 11 is 0. The Hall–Kier alpha value is -1.33. The van der Waals surface area contributed by atoms with Gasteiger partial charge in [-0.15, -0.1) is 0 Å². The normalized spacial score (nSPS) is 29.0. The molecule has 1 amide bonds. The first kappa shape index (κ1) is 14.6. The van der Waals surface area contributed by atoms with E-state index in [4.69, 9.17) is 9.15 Å². The number of nitrogens with one attached hydrogen (secondary N) is 1. The van der Waals surface area contributed by atoms with E-state index in [0.717, 1.165) is 37.6 Å². The number of ether oxygens (including phenoxy) is 1. The van der Waals surface area contributed by atoms with Gasteiger partial charge >= 0.3 is 0 Å². The van der Waals surface area contributed by atoms with Crippen LogP contribution in [0.15, 0.2) is 16.5 Å². The van der Waals surface area contributed by atoms with E-state index in [1.807, 2.05) is 32.9 Å². The summed E-state index contributed by atoms with van der Waals surface area (Å²) in [6.07, 6.45) is 1.01. The molecule has 0 saturated carbocycles. The molecule has 2 aliphatic heterocycles. The number of carbonyl (C=O) groups is 1. The SMILES string of the molecule is Cc1ccc(CN2CC3CC(C(=O)NC(C)C)C(C2)O3)o1. The van der Waals surface area contributed by atoms with Crippen LogP contribution in [0.5, 0.6) is 0 Å². The Kier molecular flexibility index (Phi) is 4.04. The molecule has 3 heterocycles. The standard InChI is InChI=1S/C16H24N2O3/c1-10(2)17-16(19)14-6-13-8-18(9-15(14)21-13)7-12-5-4-11(3)20-12/h4-5,10,13-15H,6-9H2,1-3H3,(H,17,19). The number of fused-ring (bicyclic) bond motifs is 2. The monoisotopic (exact) mass is 292 g/mol. The van der Waals surface area contributed by atoms with Crippen molar-refractivity contribution >= 4 is 5.91 Å². The highest BCUT2D eigenvalue weighted by Crippen LogP contribution is 2.32. The van der Waals surface area contributed by atoms with Crippen molar-refractivity contribution in [3.05, 3.63) is 23.7 Å². The fraction of sp³-hybridized carbons (Fsp3) is 0.688. The lowest BCUT2D eigenvalue weighted by atomic mass is 9.99. The van der Waals surface area contributed by atoms with Gasteiger partial charge in [-0.1, -0.05) is 0 Å². The van der Waals surface area contributed by atoms with E-state index in [0.29, 0.717) is 0 Å². The molecule has 0 radical (unpaired) electrons. The second-order valence-electron chi connectivity index (χ2n) is 6.51. The Bertz CT molecular complexity index is 511. The van der Waals surface area contributed by atoms with Crippen LogP contribution < -0.4 is 5.32 Å². The lowest BCUT2D eigenvalue weighted by Gasteiger charge is -2.32. The first-order valence-corrected chi connectivity index (χ1v) is 7.75. The number of carbonyl (C=O) groups excluding carboxylic acids is 1. The molecule has 21 heavy (non-hydrogen) atoms. The molecule has 5 nitrogen and oxygen atoms in total. The number of furan rings is 1. The fourth-order valence-corrected chi connectivity index (χ4v) is 3.32. The number of morpholine rings is 1. The Balaban J connectivity index is 1.60. The van der Waals surface area contributed by atoms with Crippen LogP contribution in [0.1, 0.15) is 31.8 Å². The third kappa shape index (κ3) is 3.30.